The molecule has 3 aliphatic rings. The molecule has 0 bridgehead atoms. The van der Waals surface area contributed by atoms with Gasteiger partial charge in [0.1, 0.15) is 11.7 Å². The van der Waals surface area contributed by atoms with Crippen molar-refractivity contribution < 1.29 is 0 Å². The van der Waals surface area contributed by atoms with Crippen LogP contribution in [0.5, 0.6) is 0 Å². The van der Waals surface area contributed by atoms with E-state index in [1.54, 1.807) is 0 Å². The molecule has 3 unspecified atom stereocenters. The molecule has 1 aliphatic carbocycles. The van der Waals surface area contributed by atoms with Crippen molar-refractivity contribution in [1.29, 1.82) is 0 Å². The molecule has 0 saturated carbocycles. The minimum Gasteiger partial charge on any atom is -0.378 e. The molecule has 2 N–H and O–H groups in total. The first kappa shape index (κ1) is 28.0. The molecule has 5 aromatic carbocycles. The summed E-state index contributed by atoms with van der Waals surface area (Å²) in [5.41, 5.74) is 6.65. The lowest BCUT2D eigenvalue weighted by Crippen LogP contribution is -2.44. The molecule has 4 nitrogen and oxygen atoms in total. The van der Waals surface area contributed by atoms with Gasteiger partial charge in [-0.3, -0.25) is 0 Å². The lowest BCUT2D eigenvalue weighted by atomic mass is 9.81. The first-order valence-corrected chi connectivity index (χ1v) is 16.0. The van der Waals surface area contributed by atoms with E-state index >= 15 is 0 Å². The normalized spacial score (nSPS) is 22.2. The van der Waals surface area contributed by atoms with Crippen molar-refractivity contribution in [2.75, 3.05) is 0 Å². The van der Waals surface area contributed by atoms with Crippen LogP contribution in [0.1, 0.15) is 49.2 Å². The van der Waals surface area contributed by atoms with Crippen LogP contribution in [0.25, 0.3) is 32.7 Å². The van der Waals surface area contributed by atoms with Crippen molar-refractivity contribution in [3.8, 4) is 11.1 Å². The van der Waals surface area contributed by atoms with Crippen molar-refractivity contribution in [3.63, 3.8) is 0 Å². The fourth-order valence-electron chi connectivity index (χ4n) is 6.88. The Kier molecular flexibility index (Phi) is 6.98. The number of allylic oxidation sites excluding steroid dienone is 6. The second-order valence-electron chi connectivity index (χ2n) is 12.6. The Balaban J connectivity index is 1.32. The van der Waals surface area contributed by atoms with E-state index < -0.39 is 0 Å². The summed E-state index contributed by atoms with van der Waals surface area (Å²) in [6.07, 6.45) is 15.8. The second-order valence-corrected chi connectivity index (χ2v) is 12.6. The number of hydrogen-bond donors (Lipinski definition) is 2. The highest BCUT2D eigenvalue weighted by atomic mass is 15.2. The van der Waals surface area contributed by atoms with E-state index in [4.69, 9.17) is 9.98 Å². The summed E-state index contributed by atoms with van der Waals surface area (Å²) >= 11 is 0. The molecule has 3 atom stereocenters. The second kappa shape index (κ2) is 11.5. The van der Waals surface area contributed by atoms with Gasteiger partial charge in [0.05, 0.1) is 6.04 Å². The third-order valence-corrected chi connectivity index (χ3v) is 9.38. The van der Waals surface area contributed by atoms with Crippen LogP contribution in [-0.4, -0.2) is 11.7 Å². The summed E-state index contributed by atoms with van der Waals surface area (Å²) in [4.78, 5) is 10.4. The van der Waals surface area contributed by atoms with E-state index in [2.05, 4.69) is 164 Å². The number of nitrogens with zero attached hydrogens (tertiary/aromatic N) is 2. The molecule has 8 rings (SSSR count). The third kappa shape index (κ3) is 5.06. The van der Waals surface area contributed by atoms with Crippen LogP contribution >= 0.6 is 0 Å². The maximum atomic E-state index is 5.24. The Morgan fingerprint density at radius 1 is 0.739 bits per heavy atom. The van der Waals surface area contributed by atoms with Crippen molar-refractivity contribution in [2.45, 2.75) is 32.5 Å². The molecule has 2 aliphatic heterocycles. The van der Waals surface area contributed by atoms with Crippen molar-refractivity contribution >= 4 is 33.2 Å². The van der Waals surface area contributed by atoms with E-state index in [1.165, 1.54) is 38.2 Å². The largest absolute Gasteiger partial charge is 0.378 e. The van der Waals surface area contributed by atoms with Gasteiger partial charge in [0.15, 0.2) is 6.17 Å². The summed E-state index contributed by atoms with van der Waals surface area (Å²) in [7, 11) is 0. The average molecular weight is 597 g/mol. The zero-order chi connectivity index (χ0) is 31.1. The molecule has 2 heterocycles. The highest BCUT2D eigenvalue weighted by Crippen LogP contribution is 2.40. The number of nitrogens with one attached hydrogen (secondary N) is 2. The van der Waals surface area contributed by atoms with Gasteiger partial charge in [0.2, 0.25) is 0 Å². The molecule has 46 heavy (non-hydrogen) atoms. The van der Waals surface area contributed by atoms with Crippen molar-refractivity contribution in [1.82, 2.24) is 10.6 Å². The molecule has 4 heteroatoms. The Morgan fingerprint density at radius 2 is 1.52 bits per heavy atom. The van der Waals surface area contributed by atoms with Crippen molar-refractivity contribution in [2.24, 2.45) is 15.4 Å². The predicted molar refractivity (Wildman–Crippen MR) is 193 cm³/mol. The Labute approximate surface area is 270 Å². The fraction of sp³-hybridized carbons (Fsp3) is 0.143. The molecule has 5 aromatic rings. The van der Waals surface area contributed by atoms with Crippen LogP contribution in [0.2, 0.25) is 0 Å². The molecule has 0 fully saturated rings. The molecule has 0 amide bonds. The minimum atomic E-state index is -0.330. The fourth-order valence-corrected chi connectivity index (χ4v) is 6.88. The Bertz CT molecular complexity index is 2160. The smallest absolute Gasteiger partial charge is 0.169 e. The highest BCUT2D eigenvalue weighted by Gasteiger charge is 2.33. The average Bonchev–Trinajstić information content (AvgIpc) is 3.11. The summed E-state index contributed by atoms with van der Waals surface area (Å²) in [5, 5.41) is 12.4. The van der Waals surface area contributed by atoms with E-state index in [1.807, 2.05) is 6.07 Å². The SMILES string of the molecule is CC1=CC=CC(c2ccc(C3=NC(c4ccccc4)N=C(C4(C)C=CC=CC4)N3)cc2-c2cc3ccccc3c3ccccc23)N1. The van der Waals surface area contributed by atoms with Gasteiger partial charge >= 0.3 is 0 Å². The summed E-state index contributed by atoms with van der Waals surface area (Å²) in [6, 6.07) is 37.0. The standard InChI is InChI=1S/C42H36N4/c1-28-14-13-21-38(43-28)35-23-22-31(27-37(35)36-26-30-17-7-8-18-32(30)33-19-9-10-20-34(33)36)40-44-39(29-15-5-3-6-16-29)45-41(46-40)42(2)24-11-4-12-25-42/h3-24,26-27,38-39,43H,25H2,1-2H3,(H,44,45,46). The quantitative estimate of drug-likeness (QED) is 0.199. The topological polar surface area (TPSA) is 48.8 Å². The molecule has 0 aromatic heterocycles. The molecule has 0 saturated heterocycles. The zero-order valence-electron chi connectivity index (χ0n) is 26.1. The van der Waals surface area contributed by atoms with Crippen LogP contribution in [0.4, 0.5) is 0 Å². The number of aliphatic imine (C=N–C) groups is 2. The van der Waals surface area contributed by atoms with Crippen LogP contribution in [0.15, 0.2) is 161 Å². The molecule has 224 valence electrons. The van der Waals surface area contributed by atoms with Gasteiger partial charge in [-0.25, -0.2) is 9.98 Å². The monoisotopic (exact) mass is 596 g/mol. The zero-order valence-corrected chi connectivity index (χ0v) is 26.1. The van der Waals surface area contributed by atoms with Gasteiger partial charge < -0.3 is 10.6 Å². The number of hydrogen-bond acceptors (Lipinski definition) is 4. The lowest BCUT2D eigenvalue weighted by molar-refractivity contribution is 0.570. The molecule has 0 radical (unpaired) electrons. The lowest BCUT2D eigenvalue weighted by Gasteiger charge is -2.33. The first-order valence-electron chi connectivity index (χ1n) is 16.0. The first-order chi connectivity index (χ1) is 22.6. The number of dihydropyridines is 1. The van der Waals surface area contributed by atoms with Gasteiger partial charge in [-0.05, 0) is 82.3 Å². The number of benzene rings is 5. The van der Waals surface area contributed by atoms with Gasteiger partial charge in [0, 0.05) is 16.7 Å². The molecular formula is C42H36N4. The summed E-state index contributed by atoms with van der Waals surface area (Å²) in [6.45, 7) is 4.37. The molecular weight excluding hydrogens is 560 g/mol. The van der Waals surface area contributed by atoms with Crippen molar-refractivity contribution in [3.05, 3.63) is 168 Å². The summed E-state index contributed by atoms with van der Waals surface area (Å²) in [5.74, 6) is 1.77. The maximum absolute atomic E-state index is 5.24. The van der Waals surface area contributed by atoms with Gasteiger partial charge in [0.25, 0.3) is 0 Å². The molecule has 0 spiro atoms. The van der Waals surface area contributed by atoms with E-state index in [9.17, 15) is 0 Å². The minimum absolute atomic E-state index is 0.0489. The Hall–Kier alpha value is -5.48. The van der Waals surface area contributed by atoms with Crippen LogP contribution in [0, 0.1) is 5.41 Å². The van der Waals surface area contributed by atoms with Crippen LogP contribution < -0.4 is 10.6 Å². The van der Waals surface area contributed by atoms with Gasteiger partial charge in [-0.1, -0.05) is 127 Å². The highest BCUT2D eigenvalue weighted by molar-refractivity contribution is 6.16. The van der Waals surface area contributed by atoms with E-state index in [-0.39, 0.29) is 17.6 Å². The van der Waals surface area contributed by atoms with Gasteiger partial charge in [-0.15, -0.1) is 0 Å². The third-order valence-electron chi connectivity index (χ3n) is 9.38. The van der Waals surface area contributed by atoms with E-state index in [0.29, 0.717) is 0 Å². The Morgan fingerprint density at radius 3 is 2.33 bits per heavy atom. The van der Waals surface area contributed by atoms with E-state index in [0.717, 1.165) is 34.9 Å². The van der Waals surface area contributed by atoms with Crippen LogP contribution in [-0.2, 0) is 0 Å². The van der Waals surface area contributed by atoms with Crippen LogP contribution in [0.3, 0.4) is 0 Å². The summed E-state index contributed by atoms with van der Waals surface area (Å²) < 4.78 is 0. The number of rotatable bonds is 5. The number of amidine groups is 2. The van der Waals surface area contributed by atoms with Gasteiger partial charge in [-0.2, -0.15) is 0 Å². The number of fused-ring (bicyclic) bond motifs is 3. The maximum Gasteiger partial charge on any atom is 0.169 e. The predicted octanol–water partition coefficient (Wildman–Crippen LogP) is 9.73.